The van der Waals surface area contributed by atoms with Crippen LogP contribution in [0.3, 0.4) is 0 Å². The molecule has 72 heavy (non-hydrogen) atoms. The molecule has 338 valence electrons. The van der Waals surface area contributed by atoms with Crippen LogP contribution >= 0.6 is 23.5 Å². The third-order valence-electron chi connectivity index (χ3n) is 13.9. The Kier molecular flexibility index (Phi) is 9.30. The Labute approximate surface area is 423 Å². The van der Waals surface area contributed by atoms with Gasteiger partial charge in [0.25, 0.3) is 0 Å². The fraction of sp³-hybridized carbons (Fsp3) is 0. The number of aromatic nitrogens is 5. The van der Waals surface area contributed by atoms with Crippen molar-refractivity contribution in [1.29, 1.82) is 0 Å². The molecule has 0 spiro atoms. The molecule has 5 heterocycles. The van der Waals surface area contributed by atoms with Crippen molar-refractivity contribution < 1.29 is 0 Å². The Hall–Kier alpha value is -8.89. The topological polar surface area (TPSA) is 55.0 Å². The van der Waals surface area contributed by atoms with Gasteiger partial charge in [-0.15, -0.1) is 0 Å². The fourth-order valence-corrected chi connectivity index (χ4v) is 12.9. The van der Waals surface area contributed by atoms with Crippen LogP contribution in [0.2, 0.25) is 0 Å². The first kappa shape index (κ1) is 40.9. The van der Waals surface area contributed by atoms with Gasteiger partial charge < -0.3 is 4.57 Å². The third-order valence-corrected chi connectivity index (χ3v) is 16.2. The molecule has 15 rings (SSSR count). The number of benzene rings is 10. The first-order chi connectivity index (χ1) is 35.7. The fourth-order valence-electron chi connectivity index (χ4n) is 10.8. The van der Waals surface area contributed by atoms with E-state index in [0.29, 0.717) is 17.8 Å². The molecule has 0 saturated heterocycles. The van der Waals surface area contributed by atoms with Crippen LogP contribution in [0.4, 0.5) is 34.6 Å². The van der Waals surface area contributed by atoms with Crippen molar-refractivity contribution in [3.8, 4) is 33.9 Å². The van der Waals surface area contributed by atoms with Crippen LogP contribution in [0.1, 0.15) is 0 Å². The zero-order valence-electron chi connectivity index (χ0n) is 38.5. The first-order valence-corrected chi connectivity index (χ1v) is 25.7. The maximum absolute atomic E-state index is 5.72. The zero-order valence-corrected chi connectivity index (χ0v) is 40.1. The van der Waals surface area contributed by atoms with Crippen LogP contribution in [0.15, 0.2) is 256 Å². The van der Waals surface area contributed by atoms with Crippen LogP contribution < -0.4 is 9.80 Å². The van der Waals surface area contributed by atoms with Gasteiger partial charge >= 0.3 is 0 Å². The van der Waals surface area contributed by atoms with E-state index in [0.717, 1.165) is 108 Å². The highest BCUT2D eigenvalue weighted by Gasteiger charge is 2.33. The minimum absolute atomic E-state index is 0.506. The molecule has 0 atom stereocenters. The molecule has 10 aromatic carbocycles. The van der Waals surface area contributed by atoms with E-state index < -0.39 is 0 Å². The molecule has 0 radical (unpaired) electrons. The Morgan fingerprint density at radius 1 is 0.278 bits per heavy atom. The zero-order chi connectivity index (χ0) is 47.3. The van der Waals surface area contributed by atoms with Crippen molar-refractivity contribution in [1.82, 2.24) is 24.1 Å². The van der Waals surface area contributed by atoms with E-state index in [1.54, 1.807) is 23.5 Å². The first-order valence-electron chi connectivity index (χ1n) is 24.0. The number of rotatable bonds is 6. The smallest absolute Gasteiger partial charge is 0.241 e. The van der Waals surface area contributed by atoms with Gasteiger partial charge in [0, 0.05) is 46.8 Å². The van der Waals surface area contributed by atoms with Gasteiger partial charge in [-0.25, -0.2) is 0 Å². The largest absolute Gasteiger partial charge is 0.307 e. The molecule has 0 N–H and O–H groups in total. The molecule has 9 heteroatoms. The number of nitrogens with zero attached hydrogens (tertiary/aromatic N) is 7. The molecule has 0 amide bonds. The van der Waals surface area contributed by atoms with Crippen LogP contribution in [0.25, 0.3) is 77.5 Å². The molecule has 3 aromatic heterocycles. The summed E-state index contributed by atoms with van der Waals surface area (Å²) in [4.78, 5) is 26.0. The van der Waals surface area contributed by atoms with Crippen molar-refractivity contribution in [3.63, 3.8) is 0 Å². The summed E-state index contributed by atoms with van der Waals surface area (Å²) in [6, 6.07) is 84.5. The second kappa shape index (κ2) is 16.3. The summed E-state index contributed by atoms with van der Waals surface area (Å²) >= 11 is 3.54. The monoisotopic (exact) mass is 957 g/mol. The number of hydrogen-bond donors (Lipinski definition) is 0. The van der Waals surface area contributed by atoms with Crippen molar-refractivity contribution in [2.45, 2.75) is 19.6 Å². The average molecular weight is 958 g/mol. The summed E-state index contributed by atoms with van der Waals surface area (Å²) < 4.78 is 4.74. The Bertz CT molecular complexity index is 4100. The van der Waals surface area contributed by atoms with E-state index in [9.17, 15) is 0 Å². The second-order valence-electron chi connectivity index (χ2n) is 18.0. The lowest BCUT2D eigenvalue weighted by atomic mass is 10.0. The third kappa shape index (κ3) is 6.37. The lowest BCUT2D eigenvalue weighted by molar-refractivity contribution is 0.904. The van der Waals surface area contributed by atoms with Gasteiger partial charge in [-0.05, 0) is 107 Å². The molecule has 0 unspecified atom stereocenters. The van der Waals surface area contributed by atoms with Crippen molar-refractivity contribution in [2.24, 2.45) is 0 Å². The normalized spacial score (nSPS) is 12.8. The molecule has 7 nitrogen and oxygen atoms in total. The predicted molar refractivity (Wildman–Crippen MR) is 297 cm³/mol. The van der Waals surface area contributed by atoms with Gasteiger partial charge in [-0.3, -0.25) is 14.4 Å². The van der Waals surface area contributed by atoms with Gasteiger partial charge in [-0.1, -0.05) is 175 Å². The Morgan fingerprint density at radius 3 is 1.08 bits per heavy atom. The quantitative estimate of drug-likeness (QED) is 0.165. The average Bonchev–Trinajstić information content (AvgIpc) is 3.96. The lowest BCUT2D eigenvalue weighted by Crippen LogP contribution is -2.23. The number of fused-ring (bicyclic) bond motifs is 11. The number of para-hydroxylation sites is 5. The molecule has 0 saturated carbocycles. The molecule has 13 aromatic rings. The Balaban J connectivity index is 1.10. The molecule has 0 fully saturated rings. The van der Waals surface area contributed by atoms with Crippen molar-refractivity contribution in [2.75, 3.05) is 9.80 Å². The minimum atomic E-state index is 0.506. The summed E-state index contributed by atoms with van der Waals surface area (Å²) in [5.41, 5.74) is 13.9. The molecule has 0 aliphatic carbocycles. The van der Waals surface area contributed by atoms with E-state index in [-0.39, 0.29) is 0 Å². The van der Waals surface area contributed by atoms with Crippen LogP contribution in [-0.2, 0) is 0 Å². The Morgan fingerprint density at radius 2 is 0.639 bits per heavy atom. The molecular formula is C63H39N7S2. The number of hydrogen-bond acceptors (Lipinski definition) is 7. The summed E-state index contributed by atoms with van der Waals surface area (Å²) in [6.45, 7) is 0. The number of anilines is 6. The maximum atomic E-state index is 5.72. The van der Waals surface area contributed by atoms with E-state index in [1.807, 2.05) is 0 Å². The van der Waals surface area contributed by atoms with E-state index >= 15 is 0 Å². The molecule has 0 bridgehead atoms. The summed E-state index contributed by atoms with van der Waals surface area (Å²) in [6.07, 6.45) is 0. The summed E-state index contributed by atoms with van der Waals surface area (Å²) in [5, 5.41) is 4.49. The summed E-state index contributed by atoms with van der Waals surface area (Å²) in [5.74, 6) is 1.54. The highest BCUT2D eigenvalue weighted by atomic mass is 32.2. The van der Waals surface area contributed by atoms with Gasteiger partial charge in [0.2, 0.25) is 17.8 Å². The van der Waals surface area contributed by atoms with Gasteiger partial charge in [0.05, 0.1) is 44.8 Å². The van der Waals surface area contributed by atoms with E-state index in [1.165, 1.54) is 5.56 Å². The van der Waals surface area contributed by atoms with E-state index in [2.05, 4.69) is 256 Å². The lowest BCUT2D eigenvalue weighted by Gasteiger charge is -2.33. The molecular weight excluding hydrogens is 919 g/mol. The van der Waals surface area contributed by atoms with Crippen molar-refractivity contribution in [3.05, 3.63) is 237 Å². The molecule has 2 aliphatic rings. The van der Waals surface area contributed by atoms with E-state index in [4.69, 9.17) is 15.0 Å². The van der Waals surface area contributed by atoms with Crippen molar-refractivity contribution >= 4 is 102 Å². The van der Waals surface area contributed by atoms with Gasteiger partial charge in [-0.2, -0.15) is 15.0 Å². The minimum Gasteiger partial charge on any atom is -0.307 e. The highest BCUT2D eigenvalue weighted by molar-refractivity contribution is 8.00. The summed E-state index contributed by atoms with van der Waals surface area (Å²) in [7, 11) is 0. The van der Waals surface area contributed by atoms with Gasteiger partial charge in [0.1, 0.15) is 0 Å². The van der Waals surface area contributed by atoms with Crippen LogP contribution in [-0.4, -0.2) is 24.1 Å². The maximum Gasteiger partial charge on any atom is 0.241 e. The van der Waals surface area contributed by atoms with Crippen LogP contribution in [0, 0.1) is 0 Å². The van der Waals surface area contributed by atoms with Crippen LogP contribution in [0.5, 0.6) is 0 Å². The second-order valence-corrected chi connectivity index (χ2v) is 20.2. The standard InChI is InChI=1S/C63H39N7S2/c1-4-18-40(19-5-1)42-32-36-49-47(38-42)45-34-35-46-48-39-43(41-20-6-2-7-21-41)33-37-50(48)70(60(46)59(45)67(49)44-22-8-3-9-23-44)63-65-61(68-51-24-10-14-28-55(51)71-56-29-15-11-25-52(56)68)64-62(66-63)69-53-26-12-16-30-57(53)72-58-31-17-13-27-54(58)69/h1-39H. The predicted octanol–water partition coefficient (Wildman–Crippen LogP) is 17.3. The SMILES string of the molecule is c1ccc(-c2ccc3c(c2)c2ccc4c5cc(-c6ccccc6)ccc5n(-c5nc(N6c7ccccc7Sc7ccccc76)nc(N6c7ccccc7Sc7ccccc76)n5)c4c2n3-c2ccccc2)cc1. The molecule has 2 aliphatic heterocycles. The highest BCUT2D eigenvalue weighted by Crippen LogP contribution is 2.54. The van der Waals surface area contributed by atoms with Gasteiger partial charge in [0.15, 0.2) is 0 Å².